The molecule has 0 saturated carbocycles. The predicted molar refractivity (Wildman–Crippen MR) is 75.4 cm³/mol. The van der Waals surface area contributed by atoms with Gasteiger partial charge in [-0.2, -0.15) is 5.26 Å². The number of nitrogens with two attached hydrogens (primary N) is 1. The van der Waals surface area contributed by atoms with Crippen LogP contribution in [0.1, 0.15) is 32.3 Å². The van der Waals surface area contributed by atoms with Crippen LogP contribution in [0.15, 0.2) is 18.2 Å². The molecule has 1 aromatic carbocycles. The molecule has 1 saturated heterocycles. The molecule has 3 heteroatoms. The minimum atomic E-state index is 0.386. The maximum absolute atomic E-state index is 8.82. The van der Waals surface area contributed by atoms with Gasteiger partial charge in [-0.25, -0.2) is 0 Å². The summed E-state index contributed by atoms with van der Waals surface area (Å²) in [5, 5.41) is 8.82. The highest BCUT2D eigenvalue weighted by Gasteiger charge is 2.24. The average molecular weight is 243 g/mol. The van der Waals surface area contributed by atoms with Crippen LogP contribution in [0.2, 0.25) is 0 Å². The van der Waals surface area contributed by atoms with E-state index in [1.165, 1.54) is 18.5 Å². The van der Waals surface area contributed by atoms with Gasteiger partial charge in [0.1, 0.15) is 0 Å². The van der Waals surface area contributed by atoms with E-state index in [0.717, 1.165) is 23.7 Å². The molecule has 0 bridgehead atoms. The highest BCUT2D eigenvalue weighted by molar-refractivity contribution is 5.59. The minimum Gasteiger partial charge on any atom is -0.398 e. The summed E-state index contributed by atoms with van der Waals surface area (Å²) in [6.45, 7) is 5.69. The van der Waals surface area contributed by atoms with Gasteiger partial charge in [0.25, 0.3) is 0 Å². The van der Waals surface area contributed by atoms with Gasteiger partial charge in [-0.05, 0) is 49.4 Å². The van der Waals surface area contributed by atoms with E-state index in [0.29, 0.717) is 12.5 Å². The zero-order valence-corrected chi connectivity index (χ0v) is 11.2. The fourth-order valence-corrected chi connectivity index (χ4v) is 2.71. The topological polar surface area (TPSA) is 53.0 Å². The lowest BCUT2D eigenvalue weighted by Gasteiger charge is -2.39. The first-order valence-electron chi connectivity index (χ1n) is 6.65. The summed E-state index contributed by atoms with van der Waals surface area (Å²) in [6.07, 6.45) is 2.93. The fraction of sp³-hybridized carbons (Fsp3) is 0.533. The number of piperidine rings is 1. The molecule has 2 N–H and O–H groups in total. The molecule has 0 aliphatic carbocycles. The summed E-state index contributed by atoms with van der Waals surface area (Å²) >= 11 is 0. The molecule has 2 unspecified atom stereocenters. The van der Waals surface area contributed by atoms with Crippen LogP contribution in [0.5, 0.6) is 0 Å². The Bertz CT molecular complexity index is 461. The number of hydrogen-bond acceptors (Lipinski definition) is 3. The van der Waals surface area contributed by atoms with E-state index < -0.39 is 0 Å². The third-order valence-electron chi connectivity index (χ3n) is 4.10. The summed E-state index contributed by atoms with van der Waals surface area (Å²) in [5.74, 6) is 0.718. The molecule has 1 aliphatic heterocycles. The molecule has 0 aromatic heterocycles. The summed E-state index contributed by atoms with van der Waals surface area (Å²) in [6, 6.07) is 8.80. The van der Waals surface area contributed by atoms with E-state index in [9.17, 15) is 0 Å². The monoisotopic (exact) mass is 243 g/mol. The lowest BCUT2D eigenvalue weighted by Crippen LogP contribution is -2.42. The second kappa shape index (κ2) is 5.30. The van der Waals surface area contributed by atoms with Crippen molar-refractivity contribution < 1.29 is 0 Å². The number of nitrogen functional groups attached to an aromatic ring is 1. The van der Waals surface area contributed by atoms with Gasteiger partial charge in [-0.15, -0.1) is 0 Å². The van der Waals surface area contributed by atoms with Gasteiger partial charge in [-0.1, -0.05) is 6.92 Å². The highest BCUT2D eigenvalue weighted by atomic mass is 15.2. The van der Waals surface area contributed by atoms with Crippen molar-refractivity contribution in [3.63, 3.8) is 0 Å². The normalized spacial score (nSPS) is 23.7. The summed E-state index contributed by atoms with van der Waals surface area (Å²) in [7, 11) is 0. The molecule has 2 rings (SSSR count). The van der Waals surface area contributed by atoms with E-state index in [-0.39, 0.29) is 0 Å². The molecule has 2 atom stereocenters. The van der Waals surface area contributed by atoms with Gasteiger partial charge in [0.15, 0.2) is 0 Å². The highest BCUT2D eigenvalue weighted by Crippen LogP contribution is 2.30. The van der Waals surface area contributed by atoms with Crippen LogP contribution in [0.4, 0.5) is 11.4 Å². The molecule has 1 heterocycles. The van der Waals surface area contributed by atoms with Crippen LogP contribution in [0, 0.1) is 17.2 Å². The lowest BCUT2D eigenvalue weighted by atomic mass is 9.91. The van der Waals surface area contributed by atoms with Gasteiger partial charge in [0.2, 0.25) is 0 Å². The van der Waals surface area contributed by atoms with Crippen molar-refractivity contribution in [2.75, 3.05) is 17.2 Å². The molecule has 1 aliphatic rings. The Labute approximate surface area is 109 Å². The Morgan fingerprint density at radius 1 is 1.44 bits per heavy atom. The molecule has 0 amide bonds. The van der Waals surface area contributed by atoms with Crippen LogP contribution in [0.25, 0.3) is 0 Å². The first kappa shape index (κ1) is 12.8. The summed E-state index contributed by atoms with van der Waals surface area (Å²) in [4.78, 5) is 2.44. The van der Waals surface area contributed by atoms with Gasteiger partial charge < -0.3 is 10.6 Å². The molecule has 0 spiro atoms. The van der Waals surface area contributed by atoms with Gasteiger partial charge >= 0.3 is 0 Å². The van der Waals surface area contributed by atoms with Gasteiger partial charge in [0.05, 0.1) is 12.5 Å². The first-order chi connectivity index (χ1) is 8.63. The quantitative estimate of drug-likeness (QED) is 0.812. The molecular formula is C15H21N3. The third kappa shape index (κ3) is 2.43. The van der Waals surface area contributed by atoms with Gasteiger partial charge in [-0.3, -0.25) is 0 Å². The van der Waals surface area contributed by atoms with Crippen LogP contribution in [0.3, 0.4) is 0 Å². The van der Waals surface area contributed by atoms with E-state index in [2.05, 4.69) is 36.9 Å². The lowest BCUT2D eigenvalue weighted by molar-refractivity contribution is 0.363. The smallest absolute Gasteiger partial charge is 0.0670 e. The SMILES string of the molecule is CC1CCCN(c2ccc(N)c(CC#N)c2)C1C. The van der Waals surface area contributed by atoms with Crippen molar-refractivity contribution in [1.82, 2.24) is 0 Å². The zero-order chi connectivity index (χ0) is 13.1. The maximum Gasteiger partial charge on any atom is 0.0670 e. The average Bonchev–Trinajstić information content (AvgIpc) is 2.36. The standard InChI is InChI=1S/C15H21N3/c1-11-4-3-9-18(12(11)2)14-5-6-15(17)13(10-14)7-8-16/h5-6,10-12H,3-4,7,9,17H2,1-2H3. The molecule has 1 aromatic rings. The Balaban J connectivity index is 2.27. The Morgan fingerprint density at radius 3 is 2.94 bits per heavy atom. The van der Waals surface area contributed by atoms with Crippen molar-refractivity contribution >= 4 is 11.4 Å². The largest absolute Gasteiger partial charge is 0.398 e. The van der Waals surface area contributed by atoms with E-state index >= 15 is 0 Å². The van der Waals surface area contributed by atoms with Crippen molar-refractivity contribution in [3.05, 3.63) is 23.8 Å². The van der Waals surface area contributed by atoms with Crippen molar-refractivity contribution in [2.24, 2.45) is 5.92 Å². The second-order valence-electron chi connectivity index (χ2n) is 5.27. The van der Waals surface area contributed by atoms with Crippen molar-refractivity contribution in [2.45, 2.75) is 39.2 Å². The number of rotatable bonds is 2. The minimum absolute atomic E-state index is 0.386. The van der Waals surface area contributed by atoms with E-state index in [1.807, 2.05) is 6.07 Å². The van der Waals surface area contributed by atoms with Crippen LogP contribution < -0.4 is 10.6 Å². The zero-order valence-electron chi connectivity index (χ0n) is 11.2. The third-order valence-corrected chi connectivity index (χ3v) is 4.10. The number of anilines is 2. The van der Waals surface area contributed by atoms with Gasteiger partial charge in [0, 0.05) is 24.0 Å². The van der Waals surface area contributed by atoms with Crippen LogP contribution in [-0.2, 0) is 6.42 Å². The number of nitrogens with zero attached hydrogens (tertiary/aromatic N) is 2. The number of hydrogen-bond donors (Lipinski definition) is 1. The summed E-state index contributed by atoms with van der Waals surface area (Å²) in [5.41, 5.74) is 8.76. The molecule has 0 radical (unpaired) electrons. The van der Waals surface area contributed by atoms with Crippen molar-refractivity contribution in [3.8, 4) is 6.07 Å². The number of nitriles is 1. The van der Waals surface area contributed by atoms with E-state index in [4.69, 9.17) is 11.0 Å². The molecular weight excluding hydrogens is 222 g/mol. The molecule has 18 heavy (non-hydrogen) atoms. The first-order valence-corrected chi connectivity index (χ1v) is 6.65. The molecule has 3 nitrogen and oxygen atoms in total. The Hall–Kier alpha value is -1.69. The maximum atomic E-state index is 8.82. The number of benzene rings is 1. The molecule has 96 valence electrons. The Kier molecular flexibility index (Phi) is 3.76. The van der Waals surface area contributed by atoms with Crippen LogP contribution >= 0.6 is 0 Å². The van der Waals surface area contributed by atoms with Crippen molar-refractivity contribution in [1.29, 1.82) is 5.26 Å². The Morgan fingerprint density at radius 2 is 2.22 bits per heavy atom. The summed E-state index contributed by atoms with van der Waals surface area (Å²) < 4.78 is 0. The molecule has 1 fully saturated rings. The van der Waals surface area contributed by atoms with Crippen LogP contribution in [-0.4, -0.2) is 12.6 Å². The predicted octanol–water partition coefficient (Wildman–Crippen LogP) is 2.96. The fourth-order valence-electron chi connectivity index (χ4n) is 2.71. The second-order valence-corrected chi connectivity index (χ2v) is 5.27. The van der Waals surface area contributed by atoms with E-state index in [1.54, 1.807) is 0 Å².